The van der Waals surface area contributed by atoms with Crippen LogP contribution in [0.1, 0.15) is 28.0 Å². The number of carbonyl (C=O) groups is 1. The largest absolute Gasteiger partial charge is 0.319 e. The van der Waals surface area contributed by atoms with Crippen molar-refractivity contribution in [3.63, 3.8) is 0 Å². The van der Waals surface area contributed by atoms with Gasteiger partial charge in [0, 0.05) is 16.3 Å². The first-order valence-electron chi connectivity index (χ1n) is 8.88. The van der Waals surface area contributed by atoms with Gasteiger partial charge in [-0.05, 0) is 49.8 Å². The van der Waals surface area contributed by atoms with Crippen molar-refractivity contribution >= 4 is 50.6 Å². The number of nitro benzene ring substituents is 1. The Kier molecular flexibility index (Phi) is 5.03. The van der Waals surface area contributed by atoms with E-state index in [2.05, 4.69) is 15.3 Å². The maximum atomic E-state index is 12.5. The quantitative estimate of drug-likeness (QED) is 0.287. The molecular formula is C19H18N4O3S2. The van der Waals surface area contributed by atoms with Gasteiger partial charge in [-0.1, -0.05) is 17.8 Å². The highest BCUT2D eigenvalue weighted by Crippen LogP contribution is 2.40. The van der Waals surface area contributed by atoms with Gasteiger partial charge in [0.15, 0.2) is 0 Å². The van der Waals surface area contributed by atoms with Gasteiger partial charge in [-0.3, -0.25) is 14.9 Å². The van der Waals surface area contributed by atoms with Crippen molar-refractivity contribution in [2.75, 3.05) is 11.1 Å². The predicted molar refractivity (Wildman–Crippen MR) is 111 cm³/mol. The minimum atomic E-state index is -0.474. The third-order valence-electron chi connectivity index (χ3n) is 4.98. The monoisotopic (exact) mass is 414 g/mol. The SMILES string of the molecule is Cc1ccc([N+](=O)[O-])c(NC(=O)CSc2ncnc3sc4c(c23)CCC4)c1C. The number of benzene rings is 1. The molecule has 0 radical (unpaired) electrons. The van der Waals surface area contributed by atoms with Crippen LogP contribution in [0.3, 0.4) is 0 Å². The number of aromatic nitrogens is 2. The lowest BCUT2D eigenvalue weighted by Crippen LogP contribution is -2.16. The molecule has 0 unspecified atom stereocenters. The predicted octanol–water partition coefficient (Wildman–Crippen LogP) is 4.44. The van der Waals surface area contributed by atoms with E-state index in [-0.39, 0.29) is 23.0 Å². The Morgan fingerprint density at radius 2 is 2.14 bits per heavy atom. The van der Waals surface area contributed by atoms with Crippen molar-refractivity contribution in [2.45, 2.75) is 38.1 Å². The first-order chi connectivity index (χ1) is 13.5. The van der Waals surface area contributed by atoms with E-state index in [4.69, 9.17) is 0 Å². The number of carbonyl (C=O) groups excluding carboxylic acids is 1. The van der Waals surface area contributed by atoms with Gasteiger partial charge in [-0.25, -0.2) is 9.97 Å². The van der Waals surface area contributed by atoms with Gasteiger partial charge in [0.25, 0.3) is 5.69 Å². The van der Waals surface area contributed by atoms with Crippen LogP contribution >= 0.6 is 23.1 Å². The first-order valence-corrected chi connectivity index (χ1v) is 10.7. The van der Waals surface area contributed by atoms with E-state index in [1.165, 1.54) is 34.6 Å². The summed E-state index contributed by atoms with van der Waals surface area (Å²) in [4.78, 5) is 34.5. The van der Waals surface area contributed by atoms with Gasteiger partial charge in [0.2, 0.25) is 5.91 Å². The Hall–Kier alpha value is -2.52. The summed E-state index contributed by atoms with van der Waals surface area (Å²) in [5, 5.41) is 15.9. The molecule has 0 bridgehead atoms. The fourth-order valence-electron chi connectivity index (χ4n) is 3.43. The Labute approximate surface area is 169 Å². The van der Waals surface area contributed by atoms with Crippen LogP contribution in [0.15, 0.2) is 23.5 Å². The summed E-state index contributed by atoms with van der Waals surface area (Å²) in [7, 11) is 0. The fourth-order valence-corrected chi connectivity index (χ4v) is 5.55. The molecule has 7 nitrogen and oxygen atoms in total. The van der Waals surface area contributed by atoms with E-state index in [0.29, 0.717) is 5.56 Å². The normalized spacial score (nSPS) is 12.9. The van der Waals surface area contributed by atoms with E-state index >= 15 is 0 Å². The minimum absolute atomic E-state index is 0.0958. The second kappa shape index (κ2) is 7.48. The molecule has 0 aliphatic heterocycles. The summed E-state index contributed by atoms with van der Waals surface area (Å²) in [6.45, 7) is 3.63. The van der Waals surface area contributed by atoms with Crippen LogP contribution in [0.2, 0.25) is 0 Å². The molecule has 1 aliphatic carbocycles. The second-order valence-electron chi connectivity index (χ2n) is 6.71. The number of hydrogen-bond donors (Lipinski definition) is 1. The summed E-state index contributed by atoms with van der Waals surface area (Å²) in [5.41, 5.74) is 3.07. The maximum absolute atomic E-state index is 12.5. The molecule has 1 amide bonds. The zero-order valence-corrected chi connectivity index (χ0v) is 17.1. The number of nitrogens with zero attached hydrogens (tertiary/aromatic N) is 3. The molecule has 2 heterocycles. The van der Waals surface area contributed by atoms with E-state index in [1.54, 1.807) is 24.3 Å². The molecule has 1 aromatic carbocycles. The lowest BCUT2D eigenvalue weighted by Gasteiger charge is -2.11. The Balaban J connectivity index is 1.55. The molecule has 9 heteroatoms. The third-order valence-corrected chi connectivity index (χ3v) is 7.17. The van der Waals surface area contributed by atoms with Crippen LogP contribution in [0.5, 0.6) is 0 Å². The van der Waals surface area contributed by atoms with Gasteiger partial charge in [0.1, 0.15) is 21.9 Å². The van der Waals surface area contributed by atoms with Crippen molar-refractivity contribution in [1.29, 1.82) is 0 Å². The number of aryl methyl sites for hydroxylation is 3. The van der Waals surface area contributed by atoms with Crippen molar-refractivity contribution in [3.05, 3.63) is 50.1 Å². The van der Waals surface area contributed by atoms with E-state index in [0.717, 1.165) is 40.1 Å². The first kappa shape index (κ1) is 18.8. The summed E-state index contributed by atoms with van der Waals surface area (Å²) in [6.07, 6.45) is 4.78. The zero-order chi connectivity index (χ0) is 19.8. The molecule has 0 saturated carbocycles. The third kappa shape index (κ3) is 3.35. The van der Waals surface area contributed by atoms with E-state index < -0.39 is 4.92 Å². The molecule has 1 aliphatic rings. The molecule has 4 rings (SSSR count). The zero-order valence-electron chi connectivity index (χ0n) is 15.4. The molecule has 144 valence electrons. The molecule has 2 aromatic heterocycles. The van der Waals surface area contributed by atoms with Gasteiger partial charge >= 0.3 is 0 Å². The highest BCUT2D eigenvalue weighted by molar-refractivity contribution is 8.00. The summed E-state index contributed by atoms with van der Waals surface area (Å²) < 4.78 is 0. The van der Waals surface area contributed by atoms with Crippen molar-refractivity contribution in [1.82, 2.24) is 9.97 Å². The molecule has 1 N–H and O–H groups in total. The van der Waals surface area contributed by atoms with Crippen LogP contribution in [0, 0.1) is 24.0 Å². The lowest BCUT2D eigenvalue weighted by atomic mass is 10.1. The fraction of sp³-hybridized carbons (Fsp3) is 0.316. The van der Waals surface area contributed by atoms with Crippen LogP contribution in [-0.4, -0.2) is 26.6 Å². The maximum Gasteiger partial charge on any atom is 0.293 e. The number of nitro groups is 1. The number of anilines is 1. The van der Waals surface area contributed by atoms with Crippen molar-refractivity contribution in [2.24, 2.45) is 0 Å². The lowest BCUT2D eigenvalue weighted by molar-refractivity contribution is -0.384. The van der Waals surface area contributed by atoms with Crippen molar-refractivity contribution < 1.29 is 9.72 Å². The average Bonchev–Trinajstić information content (AvgIpc) is 3.24. The molecule has 3 aromatic rings. The van der Waals surface area contributed by atoms with Gasteiger partial charge in [-0.2, -0.15) is 0 Å². The Bertz CT molecular complexity index is 1110. The molecule has 0 fully saturated rings. The van der Waals surface area contributed by atoms with E-state index in [1.807, 2.05) is 6.92 Å². The van der Waals surface area contributed by atoms with Crippen LogP contribution in [0.25, 0.3) is 10.2 Å². The molecule has 28 heavy (non-hydrogen) atoms. The van der Waals surface area contributed by atoms with E-state index in [9.17, 15) is 14.9 Å². The van der Waals surface area contributed by atoms with Crippen LogP contribution < -0.4 is 5.32 Å². The van der Waals surface area contributed by atoms with Gasteiger partial charge in [-0.15, -0.1) is 11.3 Å². The standard InChI is InChI=1S/C19H18N4O3S2/c1-10-6-7-13(23(25)26)17(11(10)2)22-15(24)8-27-18-16-12-4-3-5-14(12)28-19(16)21-9-20-18/h6-7,9H,3-5,8H2,1-2H3,(H,22,24). The van der Waals surface area contributed by atoms with Gasteiger partial charge < -0.3 is 5.32 Å². The topological polar surface area (TPSA) is 98.0 Å². The summed E-state index contributed by atoms with van der Waals surface area (Å²) in [6, 6.07) is 3.11. The number of fused-ring (bicyclic) bond motifs is 3. The summed E-state index contributed by atoms with van der Waals surface area (Å²) >= 11 is 3.05. The minimum Gasteiger partial charge on any atom is -0.319 e. The van der Waals surface area contributed by atoms with Crippen LogP contribution in [-0.2, 0) is 17.6 Å². The summed E-state index contributed by atoms with van der Waals surface area (Å²) in [5.74, 6) is -0.165. The Morgan fingerprint density at radius 3 is 2.93 bits per heavy atom. The smallest absolute Gasteiger partial charge is 0.293 e. The van der Waals surface area contributed by atoms with Crippen molar-refractivity contribution in [3.8, 4) is 0 Å². The van der Waals surface area contributed by atoms with Crippen LogP contribution in [0.4, 0.5) is 11.4 Å². The number of thiophene rings is 1. The number of hydrogen-bond acceptors (Lipinski definition) is 7. The number of rotatable bonds is 5. The number of nitrogens with one attached hydrogen (secondary N) is 1. The highest BCUT2D eigenvalue weighted by Gasteiger charge is 2.23. The molecule has 0 spiro atoms. The molecule has 0 saturated heterocycles. The molecule has 0 atom stereocenters. The second-order valence-corrected chi connectivity index (χ2v) is 8.76. The van der Waals surface area contributed by atoms with Gasteiger partial charge in [0.05, 0.1) is 10.7 Å². The molecular weight excluding hydrogens is 396 g/mol. The Morgan fingerprint density at radius 1 is 1.32 bits per heavy atom. The highest BCUT2D eigenvalue weighted by atomic mass is 32.2. The number of amides is 1. The number of thioether (sulfide) groups is 1. The average molecular weight is 415 g/mol.